The minimum absolute atomic E-state index is 0.658. The SMILES string of the molecule is CNC(C)C1CCN(Cc2ccccc2C)CC1. The van der Waals surface area contributed by atoms with Crippen LogP contribution in [0.4, 0.5) is 0 Å². The van der Waals surface area contributed by atoms with Gasteiger partial charge in [-0.05, 0) is 63.9 Å². The largest absolute Gasteiger partial charge is 0.317 e. The predicted octanol–water partition coefficient (Wildman–Crippen LogP) is 2.81. The van der Waals surface area contributed by atoms with E-state index in [-0.39, 0.29) is 0 Å². The van der Waals surface area contributed by atoms with Crippen LogP contribution < -0.4 is 5.32 Å². The second kappa shape index (κ2) is 6.35. The molecular formula is C16H26N2. The normalized spacial score (nSPS) is 19.9. The van der Waals surface area contributed by atoms with Crippen LogP contribution in [0.2, 0.25) is 0 Å². The Hall–Kier alpha value is -0.860. The van der Waals surface area contributed by atoms with Crippen molar-refractivity contribution in [3.8, 4) is 0 Å². The quantitative estimate of drug-likeness (QED) is 0.879. The van der Waals surface area contributed by atoms with Gasteiger partial charge in [0.25, 0.3) is 0 Å². The van der Waals surface area contributed by atoms with E-state index in [0.717, 1.165) is 12.5 Å². The van der Waals surface area contributed by atoms with Crippen LogP contribution in [-0.4, -0.2) is 31.1 Å². The van der Waals surface area contributed by atoms with E-state index in [1.165, 1.54) is 37.1 Å². The fraction of sp³-hybridized carbons (Fsp3) is 0.625. The van der Waals surface area contributed by atoms with E-state index in [1.54, 1.807) is 0 Å². The molecule has 0 aliphatic carbocycles. The Morgan fingerprint density at radius 1 is 1.28 bits per heavy atom. The average molecular weight is 246 g/mol. The van der Waals surface area contributed by atoms with Crippen molar-refractivity contribution < 1.29 is 0 Å². The summed E-state index contributed by atoms with van der Waals surface area (Å²) in [4.78, 5) is 2.60. The molecular weight excluding hydrogens is 220 g/mol. The first-order valence-corrected chi connectivity index (χ1v) is 7.15. The predicted molar refractivity (Wildman–Crippen MR) is 77.7 cm³/mol. The van der Waals surface area contributed by atoms with Crippen LogP contribution in [0.15, 0.2) is 24.3 Å². The summed E-state index contributed by atoms with van der Waals surface area (Å²) in [6, 6.07) is 9.41. The van der Waals surface area contributed by atoms with Crippen molar-refractivity contribution in [2.45, 2.75) is 39.3 Å². The summed E-state index contributed by atoms with van der Waals surface area (Å²) in [5.41, 5.74) is 2.90. The molecule has 1 fully saturated rings. The highest BCUT2D eigenvalue weighted by molar-refractivity contribution is 5.25. The molecule has 1 aromatic carbocycles. The number of hydrogen-bond acceptors (Lipinski definition) is 2. The number of benzene rings is 1. The van der Waals surface area contributed by atoms with Gasteiger partial charge in [-0.3, -0.25) is 4.90 Å². The van der Waals surface area contributed by atoms with Crippen molar-refractivity contribution in [3.05, 3.63) is 35.4 Å². The Morgan fingerprint density at radius 2 is 1.94 bits per heavy atom. The number of piperidine rings is 1. The molecule has 0 amide bonds. The maximum absolute atomic E-state index is 3.39. The van der Waals surface area contributed by atoms with Gasteiger partial charge in [0.1, 0.15) is 0 Å². The van der Waals surface area contributed by atoms with Crippen molar-refractivity contribution in [2.75, 3.05) is 20.1 Å². The molecule has 100 valence electrons. The van der Waals surface area contributed by atoms with Crippen LogP contribution in [0.1, 0.15) is 30.9 Å². The second-order valence-electron chi connectivity index (χ2n) is 5.62. The minimum atomic E-state index is 0.658. The molecule has 0 spiro atoms. The van der Waals surface area contributed by atoms with E-state index in [1.807, 2.05) is 0 Å². The lowest BCUT2D eigenvalue weighted by molar-refractivity contribution is 0.158. The fourth-order valence-electron chi connectivity index (χ4n) is 2.88. The number of nitrogens with one attached hydrogen (secondary N) is 1. The van der Waals surface area contributed by atoms with Crippen LogP contribution in [-0.2, 0) is 6.54 Å². The third kappa shape index (κ3) is 3.33. The third-order valence-electron chi connectivity index (χ3n) is 4.45. The van der Waals surface area contributed by atoms with Gasteiger partial charge in [-0.15, -0.1) is 0 Å². The van der Waals surface area contributed by atoms with Gasteiger partial charge >= 0.3 is 0 Å². The highest BCUT2D eigenvalue weighted by atomic mass is 15.1. The summed E-state index contributed by atoms with van der Waals surface area (Å²) in [5.74, 6) is 0.850. The zero-order valence-corrected chi connectivity index (χ0v) is 11.9. The van der Waals surface area contributed by atoms with E-state index >= 15 is 0 Å². The zero-order chi connectivity index (χ0) is 13.0. The van der Waals surface area contributed by atoms with E-state index in [4.69, 9.17) is 0 Å². The van der Waals surface area contributed by atoms with Crippen LogP contribution in [0, 0.1) is 12.8 Å². The Kier molecular flexibility index (Phi) is 4.79. The lowest BCUT2D eigenvalue weighted by Crippen LogP contribution is -2.40. The zero-order valence-electron chi connectivity index (χ0n) is 11.9. The monoisotopic (exact) mass is 246 g/mol. The van der Waals surface area contributed by atoms with Crippen LogP contribution in [0.5, 0.6) is 0 Å². The van der Waals surface area contributed by atoms with Crippen molar-refractivity contribution in [2.24, 2.45) is 5.92 Å². The van der Waals surface area contributed by atoms with Crippen molar-refractivity contribution in [1.82, 2.24) is 10.2 Å². The summed E-state index contributed by atoms with van der Waals surface area (Å²) in [6.45, 7) is 8.12. The molecule has 1 unspecified atom stereocenters. The van der Waals surface area contributed by atoms with Gasteiger partial charge in [-0.25, -0.2) is 0 Å². The first-order valence-electron chi connectivity index (χ1n) is 7.15. The van der Waals surface area contributed by atoms with E-state index in [0.29, 0.717) is 6.04 Å². The first kappa shape index (κ1) is 13.6. The summed E-state index contributed by atoms with van der Waals surface area (Å²) in [6.07, 6.45) is 2.65. The Balaban J connectivity index is 1.86. The Morgan fingerprint density at radius 3 is 2.56 bits per heavy atom. The van der Waals surface area contributed by atoms with E-state index < -0.39 is 0 Å². The molecule has 1 saturated heterocycles. The van der Waals surface area contributed by atoms with Crippen LogP contribution >= 0.6 is 0 Å². The maximum atomic E-state index is 3.39. The van der Waals surface area contributed by atoms with Gasteiger partial charge in [0.15, 0.2) is 0 Å². The second-order valence-corrected chi connectivity index (χ2v) is 5.62. The average Bonchev–Trinajstić information content (AvgIpc) is 2.41. The lowest BCUT2D eigenvalue weighted by Gasteiger charge is -2.35. The summed E-state index contributed by atoms with van der Waals surface area (Å²) in [7, 11) is 2.07. The van der Waals surface area contributed by atoms with Gasteiger partial charge in [-0.2, -0.15) is 0 Å². The number of rotatable bonds is 4. The summed E-state index contributed by atoms with van der Waals surface area (Å²) < 4.78 is 0. The molecule has 1 aliphatic heterocycles. The molecule has 0 saturated carbocycles. The van der Waals surface area contributed by atoms with E-state index in [2.05, 4.69) is 55.4 Å². The molecule has 1 aromatic rings. The number of likely N-dealkylation sites (tertiary alicyclic amines) is 1. The minimum Gasteiger partial charge on any atom is -0.317 e. The van der Waals surface area contributed by atoms with Crippen LogP contribution in [0.3, 0.4) is 0 Å². The molecule has 0 bridgehead atoms. The fourth-order valence-corrected chi connectivity index (χ4v) is 2.88. The van der Waals surface area contributed by atoms with Gasteiger partial charge in [0, 0.05) is 12.6 Å². The van der Waals surface area contributed by atoms with Crippen molar-refractivity contribution in [3.63, 3.8) is 0 Å². The molecule has 1 atom stereocenters. The van der Waals surface area contributed by atoms with Gasteiger partial charge in [-0.1, -0.05) is 24.3 Å². The smallest absolute Gasteiger partial charge is 0.0236 e. The molecule has 0 radical (unpaired) electrons. The van der Waals surface area contributed by atoms with Crippen molar-refractivity contribution >= 4 is 0 Å². The van der Waals surface area contributed by atoms with Gasteiger partial charge < -0.3 is 5.32 Å². The maximum Gasteiger partial charge on any atom is 0.0236 e. The highest BCUT2D eigenvalue weighted by Gasteiger charge is 2.22. The van der Waals surface area contributed by atoms with Crippen LogP contribution in [0.25, 0.3) is 0 Å². The third-order valence-corrected chi connectivity index (χ3v) is 4.45. The number of aryl methyl sites for hydroxylation is 1. The highest BCUT2D eigenvalue weighted by Crippen LogP contribution is 2.22. The Labute approximate surface area is 111 Å². The first-order chi connectivity index (χ1) is 8.70. The number of hydrogen-bond donors (Lipinski definition) is 1. The lowest BCUT2D eigenvalue weighted by atomic mass is 9.90. The van der Waals surface area contributed by atoms with E-state index in [9.17, 15) is 0 Å². The standard InChI is InChI=1S/C16H26N2/c1-13-6-4-5-7-16(13)12-18-10-8-15(9-11-18)14(2)17-3/h4-7,14-15,17H,8-12H2,1-3H3. The molecule has 1 N–H and O–H groups in total. The molecule has 18 heavy (non-hydrogen) atoms. The topological polar surface area (TPSA) is 15.3 Å². The molecule has 1 aliphatic rings. The molecule has 1 heterocycles. The van der Waals surface area contributed by atoms with Gasteiger partial charge in [0.2, 0.25) is 0 Å². The Bertz CT molecular complexity index is 367. The molecule has 2 rings (SSSR count). The van der Waals surface area contributed by atoms with Crippen molar-refractivity contribution in [1.29, 1.82) is 0 Å². The summed E-state index contributed by atoms with van der Waals surface area (Å²) >= 11 is 0. The molecule has 2 nitrogen and oxygen atoms in total. The van der Waals surface area contributed by atoms with Gasteiger partial charge in [0.05, 0.1) is 0 Å². The molecule has 2 heteroatoms. The molecule has 0 aromatic heterocycles. The number of nitrogens with zero attached hydrogens (tertiary/aromatic N) is 1. The summed E-state index contributed by atoms with van der Waals surface area (Å²) in [5, 5.41) is 3.39.